The molecule has 1 heteroatoms. The molecule has 0 amide bonds. The minimum absolute atomic E-state index is 0.843. The zero-order valence-corrected chi connectivity index (χ0v) is 10.3. The van der Waals surface area contributed by atoms with Crippen molar-refractivity contribution in [2.75, 3.05) is 6.54 Å². The first kappa shape index (κ1) is 11.4. The Labute approximate surface area is 95.0 Å². The van der Waals surface area contributed by atoms with Gasteiger partial charge in [0.15, 0.2) is 0 Å². The van der Waals surface area contributed by atoms with Crippen molar-refractivity contribution >= 4 is 0 Å². The van der Waals surface area contributed by atoms with Gasteiger partial charge in [-0.05, 0) is 37.6 Å². The second-order valence-corrected chi connectivity index (χ2v) is 5.76. The minimum atomic E-state index is 0.843. The Bertz CT molecular complexity index is 170. The molecule has 0 radical (unpaired) electrons. The molecule has 1 nitrogen and oxygen atoms in total. The van der Waals surface area contributed by atoms with Crippen LogP contribution in [0, 0.1) is 11.8 Å². The van der Waals surface area contributed by atoms with Gasteiger partial charge in [0, 0.05) is 6.04 Å². The molecule has 2 fully saturated rings. The highest BCUT2D eigenvalue weighted by Gasteiger charge is 2.26. The summed E-state index contributed by atoms with van der Waals surface area (Å²) in [6.45, 7) is 3.73. The van der Waals surface area contributed by atoms with Crippen molar-refractivity contribution in [3.63, 3.8) is 0 Å². The van der Waals surface area contributed by atoms with Crippen LogP contribution >= 0.6 is 0 Å². The summed E-state index contributed by atoms with van der Waals surface area (Å²) < 4.78 is 0. The first-order chi connectivity index (χ1) is 7.36. The summed E-state index contributed by atoms with van der Waals surface area (Å²) in [5, 5.41) is 3.77. The fraction of sp³-hybridized carbons (Fsp3) is 1.00. The molecule has 2 rings (SSSR count). The third-order valence-electron chi connectivity index (χ3n) is 4.54. The predicted molar refractivity (Wildman–Crippen MR) is 66.0 cm³/mol. The van der Waals surface area contributed by atoms with E-state index in [1.165, 1.54) is 64.3 Å². The van der Waals surface area contributed by atoms with Gasteiger partial charge in [-0.3, -0.25) is 0 Å². The Balaban J connectivity index is 1.75. The summed E-state index contributed by atoms with van der Waals surface area (Å²) >= 11 is 0. The van der Waals surface area contributed by atoms with Crippen molar-refractivity contribution in [2.24, 2.45) is 11.8 Å². The largest absolute Gasteiger partial charge is 0.314 e. The van der Waals surface area contributed by atoms with Crippen molar-refractivity contribution in [2.45, 2.75) is 70.8 Å². The van der Waals surface area contributed by atoms with E-state index in [1.807, 2.05) is 0 Å². The van der Waals surface area contributed by atoms with Crippen molar-refractivity contribution in [3.05, 3.63) is 0 Å². The van der Waals surface area contributed by atoms with Gasteiger partial charge in [-0.2, -0.15) is 0 Å². The van der Waals surface area contributed by atoms with Crippen LogP contribution in [-0.2, 0) is 0 Å². The van der Waals surface area contributed by atoms with Gasteiger partial charge in [0.25, 0.3) is 0 Å². The van der Waals surface area contributed by atoms with Crippen LogP contribution in [0.2, 0.25) is 0 Å². The van der Waals surface area contributed by atoms with Crippen LogP contribution in [0.4, 0.5) is 0 Å². The quantitative estimate of drug-likeness (QED) is 0.730. The van der Waals surface area contributed by atoms with Gasteiger partial charge in [0.1, 0.15) is 0 Å². The molecule has 3 atom stereocenters. The third kappa shape index (κ3) is 3.48. The molecule has 15 heavy (non-hydrogen) atoms. The van der Waals surface area contributed by atoms with Crippen LogP contribution in [0.5, 0.6) is 0 Å². The molecule has 88 valence electrons. The molecule has 0 aromatic heterocycles. The van der Waals surface area contributed by atoms with Crippen molar-refractivity contribution in [1.82, 2.24) is 5.32 Å². The zero-order chi connectivity index (χ0) is 10.5. The minimum Gasteiger partial charge on any atom is -0.314 e. The van der Waals surface area contributed by atoms with E-state index in [4.69, 9.17) is 0 Å². The van der Waals surface area contributed by atoms with Crippen LogP contribution in [0.1, 0.15) is 64.7 Å². The fourth-order valence-corrected chi connectivity index (χ4v) is 3.42. The summed E-state index contributed by atoms with van der Waals surface area (Å²) in [6, 6.07) is 0.843. The molecule has 0 aromatic carbocycles. The molecule has 1 saturated carbocycles. The third-order valence-corrected chi connectivity index (χ3v) is 4.54. The van der Waals surface area contributed by atoms with Crippen LogP contribution in [0.3, 0.4) is 0 Å². The molecule has 1 saturated heterocycles. The van der Waals surface area contributed by atoms with Crippen molar-refractivity contribution in [1.29, 1.82) is 0 Å². The highest BCUT2D eigenvalue weighted by Crippen LogP contribution is 2.35. The maximum atomic E-state index is 3.77. The van der Waals surface area contributed by atoms with Crippen LogP contribution in [0.25, 0.3) is 0 Å². The standard InChI is InChI=1S/C14H27N/c1-12-7-6-8-13(12)11-14-9-4-2-3-5-10-15-14/h12-15H,2-11H2,1H3. The summed E-state index contributed by atoms with van der Waals surface area (Å²) in [5.41, 5.74) is 0. The first-order valence-electron chi connectivity index (χ1n) is 7.09. The van der Waals surface area contributed by atoms with Crippen LogP contribution in [-0.4, -0.2) is 12.6 Å². The number of rotatable bonds is 2. The highest BCUT2D eigenvalue weighted by molar-refractivity contribution is 4.80. The number of nitrogens with one attached hydrogen (secondary N) is 1. The van der Waals surface area contributed by atoms with Gasteiger partial charge >= 0.3 is 0 Å². The summed E-state index contributed by atoms with van der Waals surface area (Å²) in [4.78, 5) is 0. The molecule has 1 N–H and O–H groups in total. The Morgan fingerprint density at radius 3 is 2.60 bits per heavy atom. The molecule has 1 heterocycles. The van der Waals surface area contributed by atoms with Crippen LogP contribution in [0.15, 0.2) is 0 Å². The van der Waals surface area contributed by atoms with E-state index in [-0.39, 0.29) is 0 Å². The molecule has 0 bridgehead atoms. The normalized spacial score (nSPS) is 38.6. The summed E-state index contributed by atoms with van der Waals surface area (Å²) in [5.74, 6) is 2.03. The zero-order valence-electron chi connectivity index (χ0n) is 10.3. The van der Waals surface area contributed by atoms with E-state index in [9.17, 15) is 0 Å². The van der Waals surface area contributed by atoms with Crippen molar-refractivity contribution < 1.29 is 0 Å². The fourth-order valence-electron chi connectivity index (χ4n) is 3.42. The van der Waals surface area contributed by atoms with Crippen LogP contribution < -0.4 is 5.32 Å². The molecule has 3 unspecified atom stereocenters. The lowest BCUT2D eigenvalue weighted by Gasteiger charge is -2.26. The van der Waals surface area contributed by atoms with E-state index < -0.39 is 0 Å². The average molecular weight is 209 g/mol. The van der Waals surface area contributed by atoms with Gasteiger partial charge in [0.05, 0.1) is 0 Å². The lowest BCUT2D eigenvalue weighted by molar-refractivity contribution is 0.304. The lowest BCUT2D eigenvalue weighted by Crippen LogP contribution is -2.33. The molecular formula is C14H27N. The average Bonchev–Trinajstić information content (AvgIpc) is 2.56. The SMILES string of the molecule is CC1CCCC1CC1CCCCCCN1. The maximum absolute atomic E-state index is 3.77. The molecule has 2 aliphatic rings. The van der Waals surface area contributed by atoms with E-state index in [1.54, 1.807) is 0 Å². The van der Waals surface area contributed by atoms with Gasteiger partial charge in [-0.1, -0.05) is 45.4 Å². The van der Waals surface area contributed by atoms with E-state index in [0.29, 0.717) is 0 Å². The second-order valence-electron chi connectivity index (χ2n) is 5.76. The molecule has 1 aliphatic heterocycles. The molecule has 0 spiro atoms. The topological polar surface area (TPSA) is 12.0 Å². The summed E-state index contributed by atoms with van der Waals surface area (Å²) in [6.07, 6.45) is 13.1. The Morgan fingerprint density at radius 1 is 0.933 bits per heavy atom. The number of hydrogen-bond donors (Lipinski definition) is 1. The Morgan fingerprint density at radius 2 is 1.80 bits per heavy atom. The van der Waals surface area contributed by atoms with Gasteiger partial charge in [-0.15, -0.1) is 0 Å². The Hall–Kier alpha value is -0.0400. The van der Waals surface area contributed by atoms with E-state index in [0.717, 1.165) is 17.9 Å². The molecular weight excluding hydrogens is 182 g/mol. The molecule has 0 aromatic rings. The smallest absolute Gasteiger partial charge is 0.00698 e. The van der Waals surface area contributed by atoms with Gasteiger partial charge in [-0.25, -0.2) is 0 Å². The molecule has 1 aliphatic carbocycles. The van der Waals surface area contributed by atoms with Crippen molar-refractivity contribution in [3.8, 4) is 0 Å². The van der Waals surface area contributed by atoms with Gasteiger partial charge in [0.2, 0.25) is 0 Å². The number of hydrogen-bond acceptors (Lipinski definition) is 1. The first-order valence-corrected chi connectivity index (χ1v) is 7.09. The second kappa shape index (κ2) is 5.89. The predicted octanol–water partition coefficient (Wildman–Crippen LogP) is 3.74. The monoisotopic (exact) mass is 209 g/mol. The highest BCUT2D eigenvalue weighted by atomic mass is 14.9. The lowest BCUT2D eigenvalue weighted by atomic mass is 9.88. The Kier molecular flexibility index (Phi) is 4.49. The van der Waals surface area contributed by atoms with E-state index in [2.05, 4.69) is 12.2 Å². The maximum Gasteiger partial charge on any atom is 0.00698 e. The van der Waals surface area contributed by atoms with E-state index >= 15 is 0 Å². The van der Waals surface area contributed by atoms with Gasteiger partial charge < -0.3 is 5.32 Å². The summed E-state index contributed by atoms with van der Waals surface area (Å²) in [7, 11) is 0.